The van der Waals surface area contributed by atoms with Gasteiger partial charge in [0.25, 0.3) is 5.91 Å². The number of anilines is 2. The topological polar surface area (TPSA) is 79.8 Å². The molecule has 3 rings (SSSR count). The standard InChI is InChI=1S/C21H22BrN3O3/c1-13(15-5-9-18(10-6-15)24-21(27)16-3-4-16)25-28-14(2)20(26)23-19-11-7-17(22)8-12-19/h5-12,14,16H,3-4H2,1-2H3,(H,23,26)(H,24,27). The molecule has 2 aromatic rings. The van der Waals surface area contributed by atoms with Gasteiger partial charge in [0.05, 0.1) is 5.71 Å². The van der Waals surface area contributed by atoms with Crippen molar-refractivity contribution in [3.8, 4) is 0 Å². The second kappa shape index (κ2) is 9.01. The first kappa shape index (κ1) is 20.1. The third kappa shape index (κ3) is 5.66. The Bertz CT molecular complexity index is 875. The van der Waals surface area contributed by atoms with Crippen LogP contribution in [0, 0.1) is 5.92 Å². The van der Waals surface area contributed by atoms with Crippen molar-refractivity contribution in [3.63, 3.8) is 0 Å². The summed E-state index contributed by atoms with van der Waals surface area (Å²) in [6.07, 6.45) is 1.21. The van der Waals surface area contributed by atoms with Gasteiger partial charge in [-0.3, -0.25) is 9.59 Å². The van der Waals surface area contributed by atoms with Gasteiger partial charge in [0.2, 0.25) is 12.0 Å². The fraction of sp³-hybridized carbons (Fsp3) is 0.286. The zero-order chi connectivity index (χ0) is 20.1. The summed E-state index contributed by atoms with van der Waals surface area (Å²) < 4.78 is 0.938. The van der Waals surface area contributed by atoms with Gasteiger partial charge in [-0.2, -0.15) is 0 Å². The summed E-state index contributed by atoms with van der Waals surface area (Å²) in [6.45, 7) is 3.44. The maximum absolute atomic E-state index is 12.2. The Hall–Kier alpha value is -2.67. The highest BCUT2D eigenvalue weighted by molar-refractivity contribution is 9.10. The maximum atomic E-state index is 12.2. The Morgan fingerprint density at radius 1 is 1.04 bits per heavy atom. The lowest BCUT2D eigenvalue weighted by Crippen LogP contribution is -2.26. The van der Waals surface area contributed by atoms with Crippen LogP contribution in [0.1, 0.15) is 32.3 Å². The van der Waals surface area contributed by atoms with E-state index < -0.39 is 6.10 Å². The van der Waals surface area contributed by atoms with E-state index in [1.165, 1.54) is 0 Å². The molecule has 0 heterocycles. The molecule has 0 aliphatic heterocycles. The molecule has 1 unspecified atom stereocenters. The Morgan fingerprint density at radius 3 is 2.21 bits per heavy atom. The number of nitrogens with zero attached hydrogens (tertiary/aromatic N) is 1. The first-order chi connectivity index (χ1) is 13.4. The zero-order valence-corrected chi connectivity index (χ0v) is 17.3. The number of carbonyl (C=O) groups is 2. The molecule has 1 fully saturated rings. The average Bonchev–Trinajstić information content (AvgIpc) is 3.53. The van der Waals surface area contributed by atoms with Gasteiger partial charge in [-0.25, -0.2) is 0 Å². The normalized spacial score (nSPS) is 14.9. The van der Waals surface area contributed by atoms with Gasteiger partial charge in [0.15, 0.2) is 0 Å². The summed E-state index contributed by atoms with van der Waals surface area (Å²) in [4.78, 5) is 29.3. The van der Waals surface area contributed by atoms with Crippen LogP contribution in [0.5, 0.6) is 0 Å². The lowest BCUT2D eigenvalue weighted by atomic mass is 10.1. The van der Waals surface area contributed by atoms with Gasteiger partial charge in [-0.15, -0.1) is 0 Å². The molecule has 1 aliphatic rings. The summed E-state index contributed by atoms with van der Waals surface area (Å²) in [5.41, 5.74) is 2.94. The van der Waals surface area contributed by atoms with Crippen LogP contribution in [-0.4, -0.2) is 23.6 Å². The SMILES string of the molecule is CC(=NOC(C)C(=O)Nc1ccc(Br)cc1)c1ccc(NC(=O)C2CC2)cc1. The molecule has 28 heavy (non-hydrogen) atoms. The molecular formula is C21H22BrN3O3. The molecule has 1 aliphatic carbocycles. The molecule has 0 aromatic heterocycles. The minimum absolute atomic E-state index is 0.0760. The van der Waals surface area contributed by atoms with Crippen molar-refractivity contribution in [2.45, 2.75) is 32.8 Å². The highest BCUT2D eigenvalue weighted by atomic mass is 79.9. The molecule has 0 spiro atoms. The number of rotatable bonds is 7. The highest BCUT2D eigenvalue weighted by Gasteiger charge is 2.29. The van der Waals surface area contributed by atoms with E-state index in [9.17, 15) is 9.59 Å². The van der Waals surface area contributed by atoms with E-state index >= 15 is 0 Å². The molecule has 2 aromatic carbocycles. The average molecular weight is 444 g/mol. The second-order valence-electron chi connectivity index (χ2n) is 6.76. The number of oxime groups is 1. The third-order valence-electron chi connectivity index (χ3n) is 4.35. The Balaban J connectivity index is 1.52. The van der Waals surface area contributed by atoms with Crippen molar-refractivity contribution in [1.29, 1.82) is 0 Å². The summed E-state index contributed by atoms with van der Waals surface area (Å²) >= 11 is 3.35. The zero-order valence-electron chi connectivity index (χ0n) is 15.7. The van der Waals surface area contributed by atoms with E-state index in [0.717, 1.165) is 28.6 Å². The third-order valence-corrected chi connectivity index (χ3v) is 4.88. The molecule has 146 valence electrons. The summed E-state index contributed by atoms with van der Waals surface area (Å²) in [6, 6.07) is 14.7. The smallest absolute Gasteiger partial charge is 0.267 e. The van der Waals surface area contributed by atoms with Crippen molar-refractivity contribution in [2.24, 2.45) is 11.1 Å². The van der Waals surface area contributed by atoms with Gasteiger partial charge in [0, 0.05) is 21.8 Å². The van der Waals surface area contributed by atoms with Crippen LogP contribution in [0.15, 0.2) is 58.2 Å². The Morgan fingerprint density at radius 2 is 1.61 bits per heavy atom. The molecule has 1 saturated carbocycles. The van der Waals surface area contributed by atoms with Gasteiger partial charge >= 0.3 is 0 Å². The molecular weight excluding hydrogens is 422 g/mol. The minimum Gasteiger partial charge on any atom is -0.382 e. The van der Waals surface area contributed by atoms with Gasteiger partial charge < -0.3 is 15.5 Å². The lowest BCUT2D eigenvalue weighted by molar-refractivity contribution is -0.126. The number of carbonyl (C=O) groups excluding carboxylic acids is 2. The van der Waals surface area contributed by atoms with Crippen molar-refractivity contribution < 1.29 is 14.4 Å². The largest absolute Gasteiger partial charge is 0.382 e. The van der Waals surface area contributed by atoms with Crippen molar-refractivity contribution in [3.05, 3.63) is 58.6 Å². The number of benzene rings is 2. The van der Waals surface area contributed by atoms with E-state index in [-0.39, 0.29) is 17.7 Å². The Labute approximate surface area is 172 Å². The number of halogens is 1. The number of amides is 2. The monoisotopic (exact) mass is 443 g/mol. The van der Waals surface area contributed by atoms with E-state index in [4.69, 9.17) is 4.84 Å². The summed E-state index contributed by atoms with van der Waals surface area (Å²) in [7, 11) is 0. The molecule has 7 heteroatoms. The molecule has 0 saturated heterocycles. The predicted octanol–water partition coefficient (Wildman–Crippen LogP) is 4.57. The fourth-order valence-electron chi connectivity index (χ4n) is 2.42. The van der Waals surface area contributed by atoms with Crippen molar-refractivity contribution in [2.75, 3.05) is 10.6 Å². The summed E-state index contributed by atoms with van der Waals surface area (Å²) in [5, 5.41) is 9.73. The van der Waals surface area contributed by atoms with Crippen LogP contribution >= 0.6 is 15.9 Å². The van der Waals surface area contributed by atoms with Crippen molar-refractivity contribution >= 4 is 44.8 Å². The van der Waals surface area contributed by atoms with Crippen LogP contribution in [0.2, 0.25) is 0 Å². The van der Waals surface area contributed by atoms with Gasteiger partial charge in [-0.05, 0) is 68.7 Å². The predicted molar refractivity (Wildman–Crippen MR) is 113 cm³/mol. The first-order valence-corrected chi connectivity index (χ1v) is 9.90. The van der Waals surface area contributed by atoms with E-state index in [2.05, 4.69) is 31.7 Å². The molecule has 0 radical (unpaired) electrons. The quantitative estimate of drug-likeness (QED) is 0.485. The van der Waals surface area contributed by atoms with Crippen LogP contribution in [0.4, 0.5) is 11.4 Å². The lowest BCUT2D eigenvalue weighted by Gasteiger charge is -2.11. The Kier molecular flexibility index (Phi) is 6.46. The van der Waals surface area contributed by atoms with Gasteiger partial charge in [-0.1, -0.05) is 33.2 Å². The molecule has 1 atom stereocenters. The number of nitrogens with one attached hydrogen (secondary N) is 2. The number of hydrogen-bond acceptors (Lipinski definition) is 4. The van der Waals surface area contributed by atoms with E-state index in [1.807, 2.05) is 36.4 Å². The van der Waals surface area contributed by atoms with Crippen LogP contribution < -0.4 is 10.6 Å². The maximum Gasteiger partial charge on any atom is 0.267 e. The number of hydrogen-bond donors (Lipinski definition) is 2. The fourth-order valence-corrected chi connectivity index (χ4v) is 2.68. The molecule has 2 N–H and O–H groups in total. The summed E-state index contributed by atoms with van der Waals surface area (Å²) in [5.74, 6) is -0.0366. The highest BCUT2D eigenvalue weighted by Crippen LogP contribution is 2.30. The minimum atomic E-state index is -0.740. The molecule has 6 nitrogen and oxygen atoms in total. The first-order valence-electron chi connectivity index (χ1n) is 9.10. The van der Waals surface area contributed by atoms with Crippen molar-refractivity contribution in [1.82, 2.24) is 0 Å². The van der Waals surface area contributed by atoms with E-state index in [1.54, 1.807) is 26.0 Å². The van der Waals surface area contributed by atoms with E-state index in [0.29, 0.717) is 11.4 Å². The second-order valence-corrected chi connectivity index (χ2v) is 7.68. The van der Waals surface area contributed by atoms with Crippen LogP contribution in [-0.2, 0) is 14.4 Å². The van der Waals surface area contributed by atoms with Crippen LogP contribution in [0.25, 0.3) is 0 Å². The van der Waals surface area contributed by atoms with Gasteiger partial charge in [0.1, 0.15) is 0 Å². The molecule has 0 bridgehead atoms. The van der Waals surface area contributed by atoms with Crippen LogP contribution in [0.3, 0.4) is 0 Å². The molecule has 2 amide bonds.